The number of pyridine rings is 1. The first-order valence-corrected chi connectivity index (χ1v) is 5.79. The maximum Gasteiger partial charge on any atom is 0.338 e. The summed E-state index contributed by atoms with van der Waals surface area (Å²) in [5, 5.41) is 8.91. The third-order valence-electron chi connectivity index (χ3n) is 3.15. The molecule has 0 saturated carbocycles. The van der Waals surface area contributed by atoms with Crippen LogP contribution in [0.15, 0.2) is 24.7 Å². The van der Waals surface area contributed by atoms with Crippen LogP contribution >= 0.6 is 0 Å². The van der Waals surface area contributed by atoms with Crippen LogP contribution < -0.4 is 4.90 Å². The van der Waals surface area contributed by atoms with E-state index >= 15 is 0 Å². The van der Waals surface area contributed by atoms with Crippen LogP contribution in [0.4, 0.5) is 10.2 Å². The minimum absolute atomic E-state index is 0.0640. The van der Waals surface area contributed by atoms with Gasteiger partial charge in [-0.05, 0) is 6.07 Å². The van der Waals surface area contributed by atoms with Gasteiger partial charge in [0.1, 0.15) is 11.4 Å². The number of fused-ring (bicyclic) bond motifs is 1. The number of carboxylic acid groups (broad SMARTS) is 1. The molecule has 0 spiro atoms. The summed E-state index contributed by atoms with van der Waals surface area (Å²) in [4.78, 5) is 20.7. The standard InChI is InChI=1S/C12H11FN4O2/c13-10-8(12(18)19)1-2-15-11(10)17-6-5-16-4-3-14-9(16)7-17/h1-4H,5-7H2,(H,18,19). The Morgan fingerprint density at radius 3 is 2.95 bits per heavy atom. The van der Waals surface area contributed by atoms with E-state index in [2.05, 4.69) is 9.97 Å². The highest BCUT2D eigenvalue weighted by Gasteiger charge is 2.23. The quantitative estimate of drug-likeness (QED) is 0.878. The fraction of sp³-hybridized carbons (Fsp3) is 0.250. The molecule has 1 aliphatic rings. The number of aromatic carboxylic acids is 1. The first-order chi connectivity index (χ1) is 9.16. The second-order valence-corrected chi connectivity index (χ2v) is 4.26. The lowest BCUT2D eigenvalue weighted by molar-refractivity contribution is 0.0691. The Kier molecular flexibility index (Phi) is 2.66. The molecule has 19 heavy (non-hydrogen) atoms. The monoisotopic (exact) mass is 262 g/mol. The SMILES string of the molecule is O=C(O)c1ccnc(N2CCn3ccnc3C2)c1F. The second kappa shape index (κ2) is 4.34. The van der Waals surface area contributed by atoms with Gasteiger partial charge in [-0.2, -0.15) is 0 Å². The summed E-state index contributed by atoms with van der Waals surface area (Å²) in [6, 6.07) is 1.16. The molecule has 0 fully saturated rings. The van der Waals surface area contributed by atoms with E-state index in [-0.39, 0.29) is 11.4 Å². The number of hydrogen-bond donors (Lipinski definition) is 1. The van der Waals surface area contributed by atoms with Crippen molar-refractivity contribution in [1.82, 2.24) is 14.5 Å². The predicted molar refractivity (Wildman–Crippen MR) is 64.4 cm³/mol. The van der Waals surface area contributed by atoms with Crippen LogP contribution in [0.1, 0.15) is 16.2 Å². The lowest BCUT2D eigenvalue weighted by atomic mass is 10.2. The number of carboxylic acids is 1. The summed E-state index contributed by atoms with van der Waals surface area (Å²) < 4.78 is 16.1. The van der Waals surface area contributed by atoms with Crippen molar-refractivity contribution in [3.05, 3.63) is 41.9 Å². The van der Waals surface area contributed by atoms with Crippen molar-refractivity contribution in [2.45, 2.75) is 13.1 Å². The molecular weight excluding hydrogens is 251 g/mol. The van der Waals surface area contributed by atoms with Crippen LogP contribution in [0.5, 0.6) is 0 Å². The number of imidazole rings is 1. The maximum atomic E-state index is 14.1. The molecule has 1 N–H and O–H groups in total. The average molecular weight is 262 g/mol. The van der Waals surface area contributed by atoms with Crippen molar-refractivity contribution in [2.75, 3.05) is 11.4 Å². The summed E-state index contributed by atoms with van der Waals surface area (Å²) in [6.07, 6.45) is 4.86. The number of halogens is 1. The zero-order valence-electron chi connectivity index (χ0n) is 9.95. The minimum atomic E-state index is -1.29. The predicted octanol–water partition coefficient (Wildman–Crippen LogP) is 1.14. The molecular formula is C12H11FN4O2. The average Bonchev–Trinajstić information content (AvgIpc) is 2.85. The molecule has 0 radical (unpaired) electrons. The Morgan fingerprint density at radius 1 is 1.32 bits per heavy atom. The number of aromatic nitrogens is 3. The molecule has 2 aromatic heterocycles. The molecule has 0 aliphatic carbocycles. The Balaban J connectivity index is 1.96. The maximum absolute atomic E-state index is 14.1. The van der Waals surface area contributed by atoms with Gasteiger partial charge in [-0.1, -0.05) is 0 Å². The molecule has 3 rings (SSSR count). The van der Waals surface area contributed by atoms with Crippen molar-refractivity contribution in [3.8, 4) is 0 Å². The smallest absolute Gasteiger partial charge is 0.338 e. The summed E-state index contributed by atoms with van der Waals surface area (Å²) in [5.74, 6) is -1.21. The van der Waals surface area contributed by atoms with Gasteiger partial charge in [0.25, 0.3) is 0 Å². The van der Waals surface area contributed by atoms with E-state index in [9.17, 15) is 9.18 Å². The third kappa shape index (κ3) is 1.92. The highest BCUT2D eigenvalue weighted by molar-refractivity contribution is 5.88. The Bertz CT molecular complexity index is 640. The van der Waals surface area contributed by atoms with Crippen molar-refractivity contribution in [1.29, 1.82) is 0 Å². The van der Waals surface area contributed by atoms with Crippen molar-refractivity contribution >= 4 is 11.8 Å². The highest BCUT2D eigenvalue weighted by atomic mass is 19.1. The van der Waals surface area contributed by atoms with Gasteiger partial charge in [-0.25, -0.2) is 19.2 Å². The molecule has 0 bridgehead atoms. The zero-order chi connectivity index (χ0) is 13.4. The van der Waals surface area contributed by atoms with E-state index in [1.54, 1.807) is 11.1 Å². The van der Waals surface area contributed by atoms with Gasteiger partial charge in [0.15, 0.2) is 11.6 Å². The first-order valence-electron chi connectivity index (χ1n) is 5.79. The number of anilines is 1. The van der Waals surface area contributed by atoms with Gasteiger partial charge in [0, 0.05) is 31.7 Å². The van der Waals surface area contributed by atoms with Gasteiger partial charge in [0.05, 0.1) is 6.54 Å². The van der Waals surface area contributed by atoms with E-state index in [0.29, 0.717) is 19.6 Å². The molecule has 6 nitrogen and oxygen atoms in total. The molecule has 0 atom stereocenters. The van der Waals surface area contributed by atoms with Crippen LogP contribution in [0.25, 0.3) is 0 Å². The topological polar surface area (TPSA) is 71.2 Å². The third-order valence-corrected chi connectivity index (χ3v) is 3.15. The van der Waals surface area contributed by atoms with E-state index in [0.717, 1.165) is 11.9 Å². The molecule has 0 amide bonds. The van der Waals surface area contributed by atoms with Crippen molar-refractivity contribution in [2.24, 2.45) is 0 Å². The highest BCUT2D eigenvalue weighted by Crippen LogP contribution is 2.23. The van der Waals surface area contributed by atoms with Crippen molar-refractivity contribution < 1.29 is 14.3 Å². The van der Waals surface area contributed by atoms with Crippen LogP contribution in [-0.2, 0) is 13.1 Å². The normalized spacial score (nSPS) is 14.3. The molecule has 2 aromatic rings. The summed E-state index contributed by atoms with van der Waals surface area (Å²) >= 11 is 0. The fourth-order valence-corrected chi connectivity index (χ4v) is 2.17. The minimum Gasteiger partial charge on any atom is -0.478 e. The molecule has 3 heterocycles. The van der Waals surface area contributed by atoms with E-state index < -0.39 is 11.8 Å². The summed E-state index contributed by atoms with van der Waals surface area (Å²) in [6.45, 7) is 1.66. The molecule has 7 heteroatoms. The van der Waals surface area contributed by atoms with Crippen LogP contribution in [-0.4, -0.2) is 32.2 Å². The van der Waals surface area contributed by atoms with Crippen LogP contribution in [0.2, 0.25) is 0 Å². The zero-order valence-corrected chi connectivity index (χ0v) is 9.95. The van der Waals surface area contributed by atoms with Gasteiger partial charge < -0.3 is 14.6 Å². The lowest BCUT2D eigenvalue weighted by Gasteiger charge is -2.28. The number of rotatable bonds is 2. The van der Waals surface area contributed by atoms with E-state index in [1.165, 1.54) is 6.20 Å². The number of nitrogens with zero attached hydrogens (tertiary/aromatic N) is 4. The molecule has 0 aromatic carbocycles. The van der Waals surface area contributed by atoms with E-state index in [1.807, 2.05) is 10.8 Å². The molecule has 98 valence electrons. The van der Waals surface area contributed by atoms with E-state index in [4.69, 9.17) is 5.11 Å². The Labute approximate surface area is 108 Å². The number of carbonyl (C=O) groups is 1. The Hall–Kier alpha value is -2.44. The first kappa shape index (κ1) is 11.6. The van der Waals surface area contributed by atoms with Crippen LogP contribution in [0.3, 0.4) is 0 Å². The molecule has 1 aliphatic heterocycles. The second-order valence-electron chi connectivity index (χ2n) is 4.26. The lowest BCUT2D eigenvalue weighted by Crippen LogP contribution is -2.35. The van der Waals surface area contributed by atoms with Gasteiger partial charge in [-0.3, -0.25) is 0 Å². The summed E-state index contributed by atoms with van der Waals surface area (Å²) in [5.41, 5.74) is -0.362. The largest absolute Gasteiger partial charge is 0.478 e. The van der Waals surface area contributed by atoms with Crippen LogP contribution in [0, 0.1) is 5.82 Å². The number of hydrogen-bond acceptors (Lipinski definition) is 4. The van der Waals surface area contributed by atoms with Gasteiger partial charge in [-0.15, -0.1) is 0 Å². The Morgan fingerprint density at radius 2 is 2.16 bits per heavy atom. The van der Waals surface area contributed by atoms with Gasteiger partial charge >= 0.3 is 5.97 Å². The molecule has 0 unspecified atom stereocenters. The fourth-order valence-electron chi connectivity index (χ4n) is 2.17. The van der Waals surface area contributed by atoms with Crippen molar-refractivity contribution in [3.63, 3.8) is 0 Å². The van der Waals surface area contributed by atoms with Gasteiger partial charge in [0.2, 0.25) is 0 Å². The molecule has 0 saturated heterocycles. The summed E-state index contributed by atoms with van der Waals surface area (Å²) in [7, 11) is 0.